The summed E-state index contributed by atoms with van der Waals surface area (Å²) < 4.78 is 7.01. The normalized spacial score (nSPS) is 14.1. The first kappa shape index (κ1) is 13.9. The quantitative estimate of drug-likeness (QED) is 0.652. The van der Waals surface area contributed by atoms with E-state index in [0.717, 1.165) is 30.4 Å². The van der Waals surface area contributed by atoms with Gasteiger partial charge in [-0.25, -0.2) is 9.89 Å². The van der Waals surface area contributed by atoms with Gasteiger partial charge in [-0.15, -0.1) is 5.10 Å². The highest BCUT2D eigenvalue weighted by molar-refractivity contribution is 7.98. The maximum absolute atomic E-state index is 11.7. The van der Waals surface area contributed by atoms with Crippen molar-refractivity contribution in [3.05, 3.63) is 39.8 Å². The summed E-state index contributed by atoms with van der Waals surface area (Å²) >= 11 is 1.46. The van der Waals surface area contributed by atoms with Gasteiger partial charge in [0.2, 0.25) is 0 Å². The molecule has 1 saturated carbocycles. The first-order valence-electron chi connectivity index (χ1n) is 6.64. The Hall–Kier alpha value is -2.02. The summed E-state index contributed by atoms with van der Waals surface area (Å²) in [7, 11) is 1.60. The van der Waals surface area contributed by atoms with Crippen LogP contribution in [0.5, 0.6) is 5.75 Å². The van der Waals surface area contributed by atoms with Crippen LogP contribution in [0.15, 0.2) is 28.2 Å². The van der Waals surface area contributed by atoms with Crippen molar-refractivity contribution >= 4 is 18.0 Å². The number of hydrogen-bond acceptors (Lipinski definition) is 5. The molecule has 0 aliphatic heterocycles. The van der Waals surface area contributed by atoms with Crippen LogP contribution in [0, 0.1) is 0 Å². The minimum atomic E-state index is -0.159. The fourth-order valence-corrected chi connectivity index (χ4v) is 3.17. The van der Waals surface area contributed by atoms with E-state index < -0.39 is 0 Å². The summed E-state index contributed by atoms with van der Waals surface area (Å²) in [5, 5.41) is 7.24. The van der Waals surface area contributed by atoms with E-state index in [-0.39, 0.29) is 11.7 Å². The second-order valence-corrected chi connectivity index (χ2v) is 5.83. The van der Waals surface area contributed by atoms with Gasteiger partial charge in [0.05, 0.1) is 7.11 Å². The van der Waals surface area contributed by atoms with Crippen molar-refractivity contribution in [2.75, 3.05) is 7.11 Å². The Morgan fingerprint density at radius 2 is 2.33 bits per heavy atom. The lowest BCUT2D eigenvalue weighted by molar-refractivity contribution is 0.112. The van der Waals surface area contributed by atoms with E-state index in [2.05, 4.69) is 10.2 Å². The molecule has 1 N–H and O–H groups in total. The van der Waals surface area contributed by atoms with Crippen molar-refractivity contribution in [1.82, 2.24) is 14.8 Å². The number of hydrogen-bond donors (Lipinski definition) is 1. The standard InChI is InChI=1S/C14H15N3O3S/c1-20-12-5-2-9(7-18)6-10(12)8-21-14-16-15-13(19)17(14)11-3-4-11/h2,5-7,11H,3-4,8H2,1H3,(H,15,19). The number of nitrogens with zero attached hydrogens (tertiary/aromatic N) is 2. The second kappa shape index (κ2) is 5.77. The molecule has 1 aromatic carbocycles. The zero-order valence-corrected chi connectivity index (χ0v) is 12.4. The van der Waals surface area contributed by atoms with E-state index in [1.165, 1.54) is 11.8 Å². The molecule has 1 aromatic heterocycles. The Bertz CT molecular complexity index is 718. The van der Waals surface area contributed by atoms with Gasteiger partial charge in [-0.2, -0.15) is 0 Å². The van der Waals surface area contributed by atoms with Crippen molar-refractivity contribution in [2.24, 2.45) is 0 Å². The number of carbonyl (C=O) groups is 1. The van der Waals surface area contributed by atoms with Crippen LogP contribution in [0.1, 0.15) is 34.8 Å². The topological polar surface area (TPSA) is 77.0 Å². The minimum absolute atomic E-state index is 0.159. The predicted molar refractivity (Wildman–Crippen MR) is 79.1 cm³/mol. The van der Waals surface area contributed by atoms with Gasteiger partial charge < -0.3 is 4.74 Å². The van der Waals surface area contributed by atoms with Crippen molar-refractivity contribution in [3.8, 4) is 5.75 Å². The van der Waals surface area contributed by atoms with Gasteiger partial charge in [-0.3, -0.25) is 9.36 Å². The minimum Gasteiger partial charge on any atom is -0.496 e. The molecule has 3 rings (SSSR count). The van der Waals surface area contributed by atoms with Gasteiger partial charge in [0.1, 0.15) is 12.0 Å². The third-order valence-corrected chi connectivity index (χ3v) is 4.38. The lowest BCUT2D eigenvalue weighted by Crippen LogP contribution is -2.16. The molecule has 0 radical (unpaired) electrons. The van der Waals surface area contributed by atoms with E-state index in [9.17, 15) is 9.59 Å². The van der Waals surface area contributed by atoms with E-state index in [0.29, 0.717) is 16.5 Å². The molecular weight excluding hydrogens is 290 g/mol. The number of carbonyl (C=O) groups excluding carboxylic acids is 1. The van der Waals surface area contributed by atoms with E-state index in [1.807, 2.05) is 0 Å². The Morgan fingerprint density at radius 1 is 1.52 bits per heavy atom. The zero-order chi connectivity index (χ0) is 14.8. The molecule has 0 atom stereocenters. The number of methoxy groups -OCH3 is 1. The Balaban J connectivity index is 1.81. The molecule has 0 saturated heterocycles. The maximum Gasteiger partial charge on any atom is 0.344 e. The summed E-state index contributed by atoms with van der Waals surface area (Å²) in [6.45, 7) is 0. The molecule has 1 aliphatic rings. The summed E-state index contributed by atoms with van der Waals surface area (Å²) in [6, 6.07) is 5.57. The molecule has 1 aliphatic carbocycles. The molecule has 0 spiro atoms. The summed E-state index contributed by atoms with van der Waals surface area (Å²) in [5.41, 5.74) is 1.35. The molecule has 2 aromatic rings. The molecule has 0 amide bonds. The molecule has 1 fully saturated rings. The van der Waals surface area contributed by atoms with Crippen LogP contribution in [0.4, 0.5) is 0 Å². The number of ether oxygens (including phenoxy) is 1. The van der Waals surface area contributed by atoms with Crippen LogP contribution in [-0.4, -0.2) is 28.2 Å². The average Bonchev–Trinajstić information content (AvgIpc) is 3.28. The average molecular weight is 305 g/mol. The fourth-order valence-electron chi connectivity index (χ4n) is 2.17. The molecular formula is C14H15N3O3S. The van der Waals surface area contributed by atoms with Crippen molar-refractivity contribution in [1.29, 1.82) is 0 Å². The van der Waals surface area contributed by atoms with Crippen LogP contribution in [0.3, 0.4) is 0 Å². The molecule has 6 nitrogen and oxygen atoms in total. The number of aldehydes is 1. The molecule has 0 unspecified atom stereocenters. The Labute approximate surface area is 125 Å². The van der Waals surface area contributed by atoms with Gasteiger partial charge in [0.15, 0.2) is 5.16 Å². The first-order chi connectivity index (χ1) is 10.2. The van der Waals surface area contributed by atoms with E-state index in [1.54, 1.807) is 29.9 Å². The molecule has 110 valence electrons. The second-order valence-electron chi connectivity index (χ2n) is 4.89. The van der Waals surface area contributed by atoms with E-state index in [4.69, 9.17) is 4.74 Å². The number of thioether (sulfide) groups is 1. The van der Waals surface area contributed by atoms with Gasteiger partial charge in [-0.05, 0) is 31.0 Å². The molecule has 21 heavy (non-hydrogen) atoms. The fraction of sp³-hybridized carbons (Fsp3) is 0.357. The van der Waals surface area contributed by atoms with E-state index >= 15 is 0 Å². The smallest absolute Gasteiger partial charge is 0.344 e. The highest BCUT2D eigenvalue weighted by Crippen LogP contribution is 2.37. The lowest BCUT2D eigenvalue weighted by atomic mass is 10.1. The summed E-state index contributed by atoms with van der Waals surface area (Å²) in [6.07, 6.45) is 2.86. The first-order valence-corrected chi connectivity index (χ1v) is 7.63. The zero-order valence-electron chi connectivity index (χ0n) is 11.5. The number of benzene rings is 1. The number of aromatic amines is 1. The van der Waals surface area contributed by atoms with Crippen molar-refractivity contribution in [3.63, 3.8) is 0 Å². The number of rotatable bonds is 6. The van der Waals surface area contributed by atoms with Gasteiger partial charge in [0, 0.05) is 22.9 Å². The van der Waals surface area contributed by atoms with Crippen LogP contribution >= 0.6 is 11.8 Å². The number of nitrogens with one attached hydrogen (secondary N) is 1. The monoisotopic (exact) mass is 305 g/mol. The highest BCUT2D eigenvalue weighted by Gasteiger charge is 2.28. The lowest BCUT2D eigenvalue weighted by Gasteiger charge is -2.09. The van der Waals surface area contributed by atoms with Crippen molar-refractivity contribution in [2.45, 2.75) is 29.8 Å². The Kier molecular flexibility index (Phi) is 3.83. The molecule has 0 bridgehead atoms. The number of H-pyrrole nitrogens is 1. The molecule has 1 heterocycles. The van der Waals surface area contributed by atoms with Crippen LogP contribution in [0.2, 0.25) is 0 Å². The van der Waals surface area contributed by atoms with Gasteiger partial charge in [0.25, 0.3) is 0 Å². The SMILES string of the molecule is COc1ccc(C=O)cc1CSc1n[nH]c(=O)n1C1CC1. The van der Waals surface area contributed by atoms with Crippen LogP contribution in [-0.2, 0) is 5.75 Å². The van der Waals surface area contributed by atoms with Crippen LogP contribution in [0.25, 0.3) is 0 Å². The van der Waals surface area contributed by atoms with Crippen molar-refractivity contribution < 1.29 is 9.53 Å². The van der Waals surface area contributed by atoms with Gasteiger partial charge >= 0.3 is 5.69 Å². The summed E-state index contributed by atoms with van der Waals surface area (Å²) in [4.78, 5) is 22.6. The van der Waals surface area contributed by atoms with Crippen LogP contribution < -0.4 is 10.4 Å². The summed E-state index contributed by atoms with van der Waals surface area (Å²) in [5.74, 6) is 1.31. The third kappa shape index (κ3) is 2.87. The van der Waals surface area contributed by atoms with Gasteiger partial charge in [-0.1, -0.05) is 11.8 Å². The Morgan fingerprint density at radius 3 is 3.00 bits per heavy atom. The predicted octanol–water partition coefficient (Wildman–Crippen LogP) is 2.02. The highest BCUT2D eigenvalue weighted by atomic mass is 32.2. The number of aromatic nitrogens is 3. The largest absolute Gasteiger partial charge is 0.496 e. The maximum atomic E-state index is 11.7. The molecule has 7 heteroatoms. The third-order valence-electron chi connectivity index (χ3n) is 3.38.